The van der Waals surface area contributed by atoms with Gasteiger partial charge in [0.25, 0.3) is 5.56 Å². The van der Waals surface area contributed by atoms with Crippen molar-refractivity contribution >= 4 is 52.4 Å². The molecule has 2 unspecified atom stereocenters. The molecule has 22 heteroatoms. The van der Waals surface area contributed by atoms with Gasteiger partial charge in [0, 0.05) is 7.11 Å². The molecule has 0 aromatic carbocycles. The van der Waals surface area contributed by atoms with E-state index in [1.54, 1.807) is 0 Å². The monoisotopic (exact) mass is 643 g/mol. The number of imidazole rings is 1. The molecule has 6 heterocycles. The van der Waals surface area contributed by atoms with Crippen LogP contribution in [0.2, 0.25) is 0 Å². The Morgan fingerprint density at radius 2 is 2.02 bits per heavy atom. The number of alkyl halides is 1. The molecule has 2 aliphatic rings. The van der Waals surface area contributed by atoms with Crippen LogP contribution >= 0.6 is 6.49 Å². The molecule has 2 aliphatic heterocycles. The Balaban J connectivity index is 1.29. The van der Waals surface area contributed by atoms with Crippen molar-refractivity contribution in [2.45, 2.75) is 55.1 Å². The van der Waals surface area contributed by atoms with Gasteiger partial charge in [0.2, 0.25) is 5.95 Å². The molecule has 232 valence electrons. The molecule has 0 bridgehead atoms. The molecule has 43 heavy (non-hydrogen) atoms. The minimum atomic E-state index is -4.22. The number of fused-ring (bicyclic) bond motifs is 2. The Kier molecular flexibility index (Phi) is 7.42. The number of ether oxygens (including phenoxy) is 3. The lowest BCUT2D eigenvalue weighted by atomic mass is 9.98. The summed E-state index contributed by atoms with van der Waals surface area (Å²) >= 11 is 5.43. The predicted octanol–water partition coefficient (Wildman–Crippen LogP) is -1.90. The van der Waals surface area contributed by atoms with E-state index in [4.69, 9.17) is 42.0 Å². The first-order valence-corrected chi connectivity index (χ1v) is 15.4. The van der Waals surface area contributed by atoms with Crippen LogP contribution in [0.4, 0.5) is 16.2 Å². The fraction of sp³-hybridized carbons (Fsp3) is 0.571. The molecule has 0 radical (unpaired) electrons. The Morgan fingerprint density at radius 3 is 2.74 bits per heavy atom. The molecule has 4 aromatic heterocycles. The van der Waals surface area contributed by atoms with Gasteiger partial charge < -0.3 is 45.3 Å². The van der Waals surface area contributed by atoms with Crippen molar-refractivity contribution in [2.24, 2.45) is 0 Å². The molecule has 2 saturated heterocycles. The van der Waals surface area contributed by atoms with Gasteiger partial charge in [-0.25, -0.2) is 19.3 Å². The lowest BCUT2D eigenvalue weighted by Gasteiger charge is -2.32. The number of nitrogens with two attached hydrogens (primary N) is 2. The minimum Gasteiger partial charge on any atom is -0.394 e. The second-order valence-electron chi connectivity index (χ2n) is 10.2. The van der Waals surface area contributed by atoms with Crippen LogP contribution < -0.4 is 17.0 Å². The van der Waals surface area contributed by atoms with Crippen LogP contribution in [0.15, 0.2) is 17.4 Å². The van der Waals surface area contributed by atoms with Crippen molar-refractivity contribution in [3.05, 3.63) is 23.0 Å². The lowest BCUT2D eigenvalue weighted by Crippen LogP contribution is -2.45. The summed E-state index contributed by atoms with van der Waals surface area (Å²) in [6, 6.07) is 0. The predicted molar refractivity (Wildman–Crippen MR) is 148 cm³/mol. The number of aliphatic hydroxyl groups excluding tert-OH is 2. The van der Waals surface area contributed by atoms with Crippen molar-refractivity contribution in [3.8, 4) is 0 Å². The van der Waals surface area contributed by atoms with E-state index in [1.165, 1.54) is 31.3 Å². The van der Waals surface area contributed by atoms with E-state index in [0.717, 1.165) is 4.68 Å². The average Bonchev–Trinajstić information content (AvgIpc) is 3.71. The Morgan fingerprint density at radius 1 is 1.26 bits per heavy atom. The van der Waals surface area contributed by atoms with Crippen molar-refractivity contribution in [3.63, 3.8) is 0 Å². The van der Waals surface area contributed by atoms with Gasteiger partial charge in [-0.2, -0.15) is 9.67 Å². The third-order valence-corrected chi connectivity index (χ3v) is 10.4. The Labute approximate surface area is 245 Å². The quantitative estimate of drug-likeness (QED) is 0.114. The van der Waals surface area contributed by atoms with Gasteiger partial charge in [-0.1, -0.05) is 5.21 Å². The number of hydrogen-bond donors (Lipinski definition) is 6. The van der Waals surface area contributed by atoms with Crippen LogP contribution in [-0.2, 0) is 30.5 Å². The molecule has 6 rings (SSSR count). The van der Waals surface area contributed by atoms with Crippen LogP contribution in [0.3, 0.4) is 0 Å². The number of nitrogen functional groups attached to an aromatic ring is 2. The molecular formula is C21H27FN11O8PS. The van der Waals surface area contributed by atoms with E-state index in [0.29, 0.717) is 11.2 Å². The van der Waals surface area contributed by atoms with Crippen LogP contribution in [0, 0.1) is 0 Å². The summed E-state index contributed by atoms with van der Waals surface area (Å²) in [4.78, 5) is 42.3. The second kappa shape index (κ2) is 10.7. The van der Waals surface area contributed by atoms with E-state index in [9.17, 15) is 19.9 Å². The van der Waals surface area contributed by atoms with Gasteiger partial charge >= 0.3 is 0 Å². The Hall–Kier alpha value is -3.27. The van der Waals surface area contributed by atoms with E-state index >= 15 is 4.39 Å². The standard InChI is InChI=1S/C21H27FN11O8PS/c1-21(13(35)11(38-2)18(41-21)32-6-27-9-14(23)25-5-26-15(9)32)4-39-42(37,43)12-8(22)7(3-34)40-19(12)33-16-10(30-31-33)17(36)29-20(24)28-16/h5-8,11-13,18-19,34-35H,3-4H2,1-2H3,(H,37,43)(H2,23,25,26)(H3,24,28,29,36)/t7-,8+,11-,12-,13+,18-,19-,21?,42?/m1/s1. The van der Waals surface area contributed by atoms with Gasteiger partial charge in [0.05, 0.1) is 19.5 Å². The van der Waals surface area contributed by atoms with Crippen LogP contribution in [0.5, 0.6) is 0 Å². The van der Waals surface area contributed by atoms with E-state index in [-0.39, 0.29) is 22.9 Å². The van der Waals surface area contributed by atoms with E-state index < -0.39 is 73.5 Å². The highest BCUT2D eigenvalue weighted by atomic mass is 32.5. The molecule has 8 N–H and O–H groups in total. The first-order chi connectivity index (χ1) is 20.4. The fourth-order valence-corrected chi connectivity index (χ4v) is 7.79. The van der Waals surface area contributed by atoms with Gasteiger partial charge in [-0.15, -0.1) is 5.10 Å². The number of nitrogens with one attached hydrogen (secondary N) is 1. The highest BCUT2D eigenvalue weighted by Gasteiger charge is 2.57. The minimum absolute atomic E-state index is 0.140. The maximum absolute atomic E-state index is 15.7. The summed E-state index contributed by atoms with van der Waals surface area (Å²) in [5, 5.41) is 28.6. The molecule has 9 atom stereocenters. The number of aromatic amines is 1. The molecule has 2 fully saturated rings. The number of methoxy groups -OCH3 is 1. The van der Waals surface area contributed by atoms with Crippen molar-refractivity contribution < 1.29 is 38.2 Å². The summed E-state index contributed by atoms with van der Waals surface area (Å²) in [7, 11) is 1.37. The summed E-state index contributed by atoms with van der Waals surface area (Å²) in [5.74, 6) is -0.130. The second-order valence-corrected chi connectivity index (χ2v) is 13.8. The van der Waals surface area contributed by atoms with Crippen LogP contribution in [0.1, 0.15) is 19.4 Å². The third-order valence-electron chi connectivity index (χ3n) is 7.52. The van der Waals surface area contributed by atoms with E-state index in [2.05, 4.69) is 35.2 Å². The normalized spacial score (nSPS) is 32.6. The van der Waals surface area contributed by atoms with Crippen molar-refractivity contribution in [1.82, 2.24) is 44.5 Å². The number of hydrogen-bond acceptors (Lipinski definition) is 16. The largest absolute Gasteiger partial charge is 0.394 e. The van der Waals surface area contributed by atoms with Crippen LogP contribution in [-0.4, -0.2) is 116 Å². The SMILES string of the molecule is CO[C@H]1[C@H](n2cnc3c(N)ncnc32)OC(C)(COP(O)(=S)[C@@H]2[C@@H](F)[C@@H](CO)O[C@H]2n2nnc3c(=O)[nH]c(N)nc32)[C@H]1O. The summed E-state index contributed by atoms with van der Waals surface area (Å²) < 4.78 is 41.3. The zero-order valence-electron chi connectivity index (χ0n) is 22.5. The number of H-pyrrole nitrogens is 1. The van der Waals surface area contributed by atoms with Crippen LogP contribution in [0.25, 0.3) is 22.3 Å². The fourth-order valence-electron chi connectivity index (χ4n) is 5.29. The summed E-state index contributed by atoms with van der Waals surface area (Å²) in [6.07, 6.45) is -5.59. The summed E-state index contributed by atoms with van der Waals surface area (Å²) in [6.45, 7) is -4.01. The van der Waals surface area contributed by atoms with Gasteiger partial charge in [0.15, 0.2) is 41.6 Å². The van der Waals surface area contributed by atoms with E-state index in [1.807, 2.05) is 0 Å². The first-order valence-electron chi connectivity index (χ1n) is 12.7. The van der Waals surface area contributed by atoms with Gasteiger partial charge in [0.1, 0.15) is 47.6 Å². The zero-order valence-corrected chi connectivity index (χ0v) is 24.2. The highest BCUT2D eigenvalue weighted by Crippen LogP contribution is 2.59. The number of rotatable bonds is 8. The molecule has 0 amide bonds. The third kappa shape index (κ3) is 4.76. The maximum Gasteiger partial charge on any atom is 0.282 e. The van der Waals surface area contributed by atoms with Crippen molar-refractivity contribution in [2.75, 3.05) is 31.8 Å². The molecule has 0 aliphatic carbocycles. The first kappa shape index (κ1) is 29.8. The number of anilines is 2. The maximum atomic E-state index is 15.7. The number of halogens is 1. The average molecular weight is 644 g/mol. The van der Waals surface area contributed by atoms with Gasteiger partial charge in [-0.3, -0.25) is 14.3 Å². The smallest absolute Gasteiger partial charge is 0.282 e. The number of nitrogens with zero attached hydrogens (tertiary/aromatic N) is 8. The zero-order chi connectivity index (χ0) is 30.8. The molecule has 0 saturated carbocycles. The number of aromatic nitrogens is 9. The lowest BCUT2D eigenvalue weighted by molar-refractivity contribution is -0.111. The van der Waals surface area contributed by atoms with Crippen molar-refractivity contribution in [1.29, 1.82) is 0 Å². The molecule has 0 spiro atoms. The molecule has 19 nitrogen and oxygen atoms in total. The topological polar surface area (TPSA) is 270 Å². The number of aliphatic hydroxyl groups is 2. The Bertz CT molecular complexity index is 1790. The highest BCUT2D eigenvalue weighted by molar-refractivity contribution is 8.09. The molecule has 4 aromatic rings. The van der Waals surface area contributed by atoms with Gasteiger partial charge in [-0.05, 0) is 18.7 Å². The summed E-state index contributed by atoms with van der Waals surface area (Å²) in [5.41, 5.74) is 7.93. The molecular weight excluding hydrogens is 616 g/mol.